The van der Waals surface area contributed by atoms with Crippen LogP contribution in [-0.2, 0) is 16.6 Å². The Morgan fingerprint density at radius 1 is 0.902 bits per heavy atom. The average Bonchev–Trinajstić information content (AvgIpc) is 2.96. The number of nitrogens with zero attached hydrogens (tertiary/aromatic N) is 1. The fourth-order valence-corrected chi connectivity index (χ4v) is 6.20. The van der Waals surface area contributed by atoms with E-state index in [2.05, 4.69) is 19.2 Å². The number of amides is 1. The van der Waals surface area contributed by atoms with Crippen LogP contribution in [0.1, 0.15) is 53.4 Å². The molecule has 0 aliphatic heterocycles. The van der Waals surface area contributed by atoms with Crippen molar-refractivity contribution in [1.29, 1.82) is 0 Å². The molecule has 214 valence electrons. The third-order valence-corrected chi connectivity index (χ3v) is 8.82. The molecule has 6 nitrogen and oxygen atoms in total. The van der Waals surface area contributed by atoms with Crippen LogP contribution in [0.4, 0.5) is 5.69 Å². The molecule has 4 aromatic rings. The molecule has 0 aliphatic rings. The molecular formula is C33H35ClN2O4S. The van der Waals surface area contributed by atoms with E-state index in [1.165, 1.54) is 4.31 Å². The van der Waals surface area contributed by atoms with Crippen LogP contribution in [0.5, 0.6) is 5.75 Å². The van der Waals surface area contributed by atoms with Crippen molar-refractivity contribution in [2.75, 3.05) is 11.4 Å². The minimum atomic E-state index is -4.04. The zero-order valence-electron chi connectivity index (χ0n) is 23.7. The number of benzene rings is 4. The number of nitrogens with one attached hydrogen (secondary N) is 1. The van der Waals surface area contributed by atoms with E-state index in [0.717, 1.165) is 22.4 Å². The van der Waals surface area contributed by atoms with Crippen LogP contribution >= 0.6 is 11.6 Å². The Kier molecular flexibility index (Phi) is 9.73. The fourth-order valence-electron chi connectivity index (χ4n) is 4.60. The lowest BCUT2D eigenvalue weighted by Crippen LogP contribution is -2.35. The predicted molar refractivity (Wildman–Crippen MR) is 165 cm³/mol. The van der Waals surface area contributed by atoms with Crippen molar-refractivity contribution >= 4 is 33.2 Å². The maximum absolute atomic E-state index is 14.1. The lowest BCUT2D eigenvalue weighted by molar-refractivity contribution is 0.0932. The van der Waals surface area contributed by atoms with Gasteiger partial charge in [0.1, 0.15) is 5.75 Å². The van der Waals surface area contributed by atoms with Gasteiger partial charge in [-0.3, -0.25) is 9.10 Å². The second-order valence-electron chi connectivity index (χ2n) is 10.4. The number of halogens is 1. The summed E-state index contributed by atoms with van der Waals surface area (Å²) in [6, 6.07) is 27.8. The number of aryl methyl sites for hydroxylation is 1. The number of anilines is 1. The normalized spacial score (nSPS) is 12.1. The highest BCUT2D eigenvalue weighted by atomic mass is 35.5. The SMILES string of the molecule is COc1ccc([C@@H](CC(C)C)NC(=O)c2ccccc2N(Cc2ccc(Cl)cc2)S(=O)(=O)c2ccc(C)cc2)cc1. The largest absolute Gasteiger partial charge is 0.497 e. The zero-order valence-corrected chi connectivity index (χ0v) is 25.2. The molecule has 0 unspecified atom stereocenters. The molecule has 0 saturated heterocycles. The molecule has 0 saturated carbocycles. The highest BCUT2D eigenvalue weighted by Gasteiger charge is 2.29. The summed E-state index contributed by atoms with van der Waals surface area (Å²) in [4.78, 5) is 14.0. The number of sulfonamides is 1. The van der Waals surface area contributed by atoms with Crippen LogP contribution in [0.2, 0.25) is 5.02 Å². The van der Waals surface area contributed by atoms with Gasteiger partial charge in [0.2, 0.25) is 0 Å². The Bertz CT molecular complexity index is 1570. The molecule has 4 aromatic carbocycles. The van der Waals surface area contributed by atoms with E-state index in [0.29, 0.717) is 23.0 Å². The number of hydrogen-bond acceptors (Lipinski definition) is 4. The van der Waals surface area contributed by atoms with E-state index in [9.17, 15) is 13.2 Å². The van der Waals surface area contributed by atoms with E-state index in [1.54, 1.807) is 79.9 Å². The van der Waals surface area contributed by atoms with Gasteiger partial charge in [-0.1, -0.05) is 79.5 Å². The van der Waals surface area contributed by atoms with Crippen LogP contribution < -0.4 is 14.4 Å². The smallest absolute Gasteiger partial charge is 0.264 e. The first-order chi connectivity index (χ1) is 19.6. The summed E-state index contributed by atoms with van der Waals surface area (Å²) in [6.45, 7) is 6.11. The first-order valence-electron chi connectivity index (χ1n) is 13.5. The van der Waals surface area contributed by atoms with Gasteiger partial charge in [0, 0.05) is 5.02 Å². The molecule has 0 fully saturated rings. The monoisotopic (exact) mass is 590 g/mol. The number of methoxy groups -OCH3 is 1. The summed E-state index contributed by atoms with van der Waals surface area (Å²) < 4.78 is 34.8. The Balaban J connectivity index is 1.75. The third kappa shape index (κ3) is 7.48. The Morgan fingerprint density at radius 3 is 2.15 bits per heavy atom. The van der Waals surface area contributed by atoms with Crippen molar-refractivity contribution in [3.8, 4) is 5.75 Å². The molecule has 1 atom stereocenters. The van der Waals surface area contributed by atoms with E-state index in [4.69, 9.17) is 16.3 Å². The number of para-hydroxylation sites is 1. The van der Waals surface area contributed by atoms with Gasteiger partial charge in [0.25, 0.3) is 15.9 Å². The quantitative estimate of drug-likeness (QED) is 0.195. The highest BCUT2D eigenvalue weighted by Crippen LogP contribution is 2.31. The first-order valence-corrected chi connectivity index (χ1v) is 15.3. The van der Waals surface area contributed by atoms with E-state index in [1.807, 2.05) is 31.2 Å². The Hall–Kier alpha value is -3.81. The van der Waals surface area contributed by atoms with Crippen molar-refractivity contribution in [1.82, 2.24) is 5.32 Å². The molecule has 0 heterocycles. The minimum Gasteiger partial charge on any atom is -0.497 e. The summed E-state index contributed by atoms with van der Waals surface area (Å²) in [5, 5.41) is 3.72. The topological polar surface area (TPSA) is 75.7 Å². The summed E-state index contributed by atoms with van der Waals surface area (Å²) in [5.74, 6) is 0.677. The maximum Gasteiger partial charge on any atom is 0.264 e. The van der Waals surface area contributed by atoms with Crippen molar-refractivity contribution in [2.45, 2.75) is 44.7 Å². The zero-order chi connectivity index (χ0) is 29.6. The molecular weight excluding hydrogens is 556 g/mol. The second kappa shape index (κ2) is 13.2. The van der Waals surface area contributed by atoms with Gasteiger partial charge in [0.15, 0.2) is 0 Å². The molecule has 0 aromatic heterocycles. The molecule has 0 aliphatic carbocycles. The number of hydrogen-bond donors (Lipinski definition) is 1. The molecule has 8 heteroatoms. The van der Waals surface area contributed by atoms with E-state index in [-0.39, 0.29) is 29.0 Å². The van der Waals surface area contributed by atoms with E-state index >= 15 is 0 Å². The van der Waals surface area contributed by atoms with Crippen LogP contribution in [0.3, 0.4) is 0 Å². The third-order valence-electron chi connectivity index (χ3n) is 6.80. The summed E-state index contributed by atoms with van der Waals surface area (Å²) >= 11 is 6.09. The van der Waals surface area contributed by atoms with Crippen LogP contribution in [0, 0.1) is 12.8 Å². The van der Waals surface area contributed by atoms with Crippen LogP contribution in [0.25, 0.3) is 0 Å². The maximum atomic E-state index is 14.1. The molecule has 1 N–H and O–H groups in total. The number of carbonyl (C=O) groups is 1. The van der Waals surface area contributed by atoms with Crippen molar-refractivity contribution in [3.63, 3.8) is 0 Å². The predicted octanol–water partition coefficient (Wildman–Crippen LogP) is 7.57. The fraction of sp³-hybridized carbons (Fsp3) is 0.242. The van der Waals surface area contributed by atoms with Gasteiger partial charge in [-0.15, -0.1) is 0 Å². The molecule has 4 rings (SSSR count). The van der Waals surface area contributed by atoms with Gasteiger partial charge in [-0.25, -0.2) is 8.42 Å². The average molecular weight is 591 g/mol. The lowest BCUT2D eigenvalue weighted by Gasteiger charge is -2.28. The molecule has 41 heavy (non-hydrogen) atoms. The number of ether oxygens (including phenoxy) is 1. The minimum absolute atomic E-state index is 0.0194. The van der Waals surface area contributed by atoms with Gasteiger partial charge in [0.05, 0.1) is 35.8 Å². The Labute approximate surface area is 248 Å². The van der Waals surface area contributed by atoms with Gasteiger partial charge in [-0.05, 0) is 78.9 Å². The summed E-state index contributed by atoms with van der Waals surface area (Å²) in [5.41, 5.74) is 3.17. The summed E-state index contributed by atoms with van der Waals surface area (Å²) in [6.07, 6.45) is 0.705. The van der Waals surface area contributed by atoms with Crippen molar-refractivity contribution in [3.05, 3.63) is 124 Å². The van der Waals surface area contributed by atoms with E-state index < -0.39 is 10.0 Å². The number of rotatable bonds is 11. The highest BCUT2D eigenvalue weighted by molar-refractivity contribution is 7.92. The molecule has 0 bridgehead atoms. The van der Waals surface area contributed by atoms with Gasteiger partial charge < -0.3 is 10.1 Å². The second-order valence-corrected chi connectivity index (χ2v) is 12.7. The summed E-state index contributed by atoms with van der Waals surface area (Å²) in [7, 11) is -2.43. The standard InChI is InChI=1S/C33H35ClN2O4S/c1-23(2)21-31(26-13-17-28(40-4)18-14-26)35-33(37)30-7-5-6-8-32(30)36(22-25-11-15-27(34)16-12-25)41(38,39)29-19-9-24(3)10-20-29/h5-20,23,31H,21-22H2,1-4H3,(H,35,37)/t31-/m1/s1. The lowest BCUT2D eigenvalue weighted by atomic mass is 9.96. The van der Waals surface area contributed by atoms with Crippen LogP contribution in [0.15, 0.2) is 102 Å². The molecule has 1 amide bonds. The van der Waals surface area contributed by atoms with Gasteiger partial charge >= 0.3 is 0 Å². The number of carbonyl (C=O) groups excluding carboxylic acids is 1. The molecule has 0 spiro atoms. The van der Waals surface area contributed by atoms with Crippen LogP contribution in [-0.4, -0.2) is 21.4 Å². The van der Waals surface area contributed by atoms with Gasteiger partial charge in [-0.2, -0.15) is 0 Å². The first kappa shape index (κ1) is 30.2. The Morgan fingerprint density at radius 2 is 1.54 bits per heavy atom. The molecule has 0 radical (unpaired) electrons. The van der Waals surface area contributed by atoms with Crippen molar-refractivity contribution < 1.29 is 17.9 Å². The van der Waals surface area contributed by atoms with Crippen molar-refractivity contribution in [2.24, 2.45) is 5.92 Å².